The molecule has 2 N–H and O–H groups in total. The minimum atomic E-state index is -3.49. The second-order valence-corrected chi connectivity index (χ2v) is 8.73. The lowest BCUT2D eigenvalue weighted by molar-refractivity contribution is 0.220. The lowest BCUT2D eigenvalue weighted by atomic mass is 10.1. The van der Waals surface area contributed by atoms with E-state index in [4.69, 9.17) is 0 Å². The molecule has 0 radical (unpaired) electrons. The minimum Gasteiger partial charge on any atom is -0.371 e. The summed E-state index contributed by atoms with van der Waals surface area (Å²) in [6.07, 6.45) is 2.40. The van der Waals surface area contributed by atoms with E-state index >= 15 is 0 Å². The number of nitrogens with zero attached hydrogens (tertiary/aromatic N) is 2. The topological polar surface area (TPSA) is 81.8 Å². The number of amides is 2. The summed E-state index contributed by atoms with van der Waals surface area (Å²) in [5.41, 5.74) is 2.83. The van der Waals surface area contributed by atoms with E-state index < -0.39 is 10.0 Å². The smallest absolute Gasteiger partial charge is 0.321 e. The summed E-state index contributed by atoms with van der Waals surface area (Å²) >= 11 is 0. The minimum absolute atomic E-state index is 0.154. The van der Waals surface area contributed by atoms with Gasteiger partial charge in [0.2, 0.25) is 10.0 Å². The third kappa shape index (κ3) is 4.63. The van der Waals surface area contributed by atoms with Crippen molar-refractivity contribution < 1.29 is 13.2 Å². The molecule has 0 spiro atoms. The molecule has 0 aliphatic carbocycles. The Morgan fingerprint density at radius 3 is 2.36 bits per heavy atom. The van der Waals surface area contributed by atoms with E-state index in [1.165, 1.54) is 37.7 Å². The summed E-state index contributed by atoms with van der Waals surface area (Å²) in [4.78, 5) is 16.7. The maximum atomic E-state index is 12.6. The van der Waals surface area contributed by atoms with Crippen LogP contribution >= 0.6 is 0 Å². The van der Waals surface area contributed by atoms with E-state index in [1.54, 1.807) is 24.1 Å². The number of carbonyl (C=O) groups is 1. The second kappa shape index (κ2) is 8.62. The third-order valence-corrected chi connectivity index (χ3v) is 6.31. The average molecular weight is 403 g/mol. The Morgan fingerprint density at radius 1 is 1.07 bits per heavy atom. The first-order valence-corrected chi connectivity index (χ1v) is 10.8. The molecule has 1 aliphatic heterocycles. The first-order valence-electron chi connectivity index (χ1n) is 9.29. The highest BCUT2D eigenvalue weighted by atomic mass is 32.2. The Labute approximate surface area is 166 Å². The van der Waals surface area contributed by atoms with Crippen molar-refractivity contribution >= 4 is 27.4 Å². The first kappa shape index (κ1) is 20.2. The van der Waals surface area contributed by atoms with Crippen LogP contribution in [0.4, 0.5) is 16.2 Å². The molecule has 0 aromatic heterocycles. The fourth-order valence-corrected chi connectivity index (χ4v) is 4.02. The number of sulfonamides is 1. The van der Waals surface area contributed by atoms with Crippen molar-refractivity contribution in [1.82, 2.24) is 9.62 Å². The van der Waals surface area contributed by atoms with Gasteiger partial charge in [-0.1, -0.05) is 18.2 Å². The van der Waals surface area contributed by atoms with Gasteiger partial charge in [0.05, 0.1) is 4.90 Å². The molecule has 2 aromatic carbocycles. The molecular weight excluding hydrogens is 376 g/mol. The molecule has 1 saturated heterocycles. The van der Waals surface area contributed by atoms with Gasteiger partial charge in [-0.05, 0) is 55.8 Å². The molecule has 150 valence electrons. The van der Waals surface area contributed by atoms with Crippen LogP contribution in [-0.2, 0) is 16.6 Å². The number of urea groups is 1. The Balaban J connectivity index is 1.66. The highest BCUT2D eigenvalue weighted by Gasteiger charge is 2.18. The van der Waals surface area contributed by atoms with Crippen molar-refractivity contribution in [2.75, 3.05) is 37.4 Å². The second-order valence-electron chi connectivity index (χ2n) is 6.84. The summed E-state index contributed by atoms with van der Waals surface area (Å²) in [5, 5.41) is 2.81. The molecule has 0 bridgehead atoms. The normalized spacial score (nSPS) is 14.1. The van der Waals surface area contributed by atoms with E-state index in [2.05, 4.69) is 27.1 Å². The van der Waals surface area contributed by atoms with E-state index in [9.17, 15) is 13.2 Å². The summed E-state index contributed by atoms with van der Waals surface area (Å²) in [6, 6.07) is 14.0. The zero-order valence-electron chi connectivity index (χ0n) is 16.2. The van der Waals surface area contributed by atoms with Gasteiger partial charge in [-0.2, -0.15) is 0 Å². The van der Waals surface area contributed by atoms with Crippen LogP contribution in [0.3, 0.4) is 0 Å². The predicted molar refractivity (Wildman–Crippen MR) is 111 cm³/mol. The molecule has 28 heavy (non-hydrogen) atoms. The number of anilines is 2. The van der Waals surface area contributed by atoms with Crippen molar-refractivity contribution in [2.45, 2.75) is 24.3 Å². The molecular formula is C20H26N4O3S. The quantitative estimate of drug-likeness (QED) is 0.778. The molecule has 0 saturated carbocycles. The molecule has 1 aliphatic rings. The van der Waals surface area contributed by atoms with Crippen molar-refractivity contribution in [3.05, 3.63) is 54.1 Å². The number of carbonyl (C=O) groups excluding carboxylic acids is 1. The molecule has 8 heteroatoms. The van der Waals surface area contributed by atoms with Crippen LogP contribution in [0.25, 0.3) is 0 Å². The molecule has 0 unspecified atom stereocenters. The van der Waals surface area contributed by atoms with Crippen LogP contribution in [0.15, 0.2) is 53.4 Å². The van der Waals surface area contributed by atoms with Crippen LogP contribution < -0.4 is 14.9 Å². The summed E-state index contributed by atoms with van der Waals surface area (Å²) in [5.74, 6) is 0. The molecule has 1 fully saturated rings. The number of para-hydroxylation sites is 1. The van der Waals surface area contributed by atoms with Crippen molar-refractivity contribution in [3.8, 4) is 0 Å². The number of nitrogens with one attached hydrogen (secondary N) is 2. The van der Waals surface area contributed by atoms with Gasteiger partial charge in [-0.3, -0.25) is 0 Å². The molecule has 1 heterocycles. The predicted octanol–water partition coefficient (Wildman–Crippen LogP) is 2.86. The fraction of sp³-hybridized carbons (Fsp3) is 0.350. The molecule has 2 amide bonds. The Morgan fingerprint density at radius 2 is 1.71 bits per heavy atom. The van der Waals surface area contributed by atoms with Gasteiger partial charge in [0.1, 0.15) is 0 Å². The van der Waals surface area contributed by atoms with Gasteiger partial charge in [0.15, 0.2) is 0 Å². The van der Waals surface area contributed by atoms with E-state index in [0.717, 1.165) is 18.7 Å². The standard InChI is InChI=1S/C20H26N4O3S/c1-21-28(26,27)18-11-9-17(10-12-18)22-20(25)23(2)15-16-7-3-4-8-19(16)24-13-5-6-14-24/h3-4,7-12,21H,5-6,13-15H2,1-2H3,(H,22,25). The highest BCUT2D eigenvalue weighted by molar-refractivity contribution is 7.89. The fourth-order valence-electron chi connectivity index (χ4n) is 3.29. The maximum absolute atomic E-state index is 12.6. The summed E-state index contributed by atoms with van der Waals surface area (Å²) in [6.45, 7) is 2.59. The Bertz CT molecular complexity index is 923. The van der Waals surface area contributed by atoms with E-state index in [0.29, 0.717) is 12.2 Å². The Hall–Kier alpha value is -2.58. The monoisotopic (exact) mass is 402 g/mol. The Kier molecular flexibility index (Phi) is 6.21. The molecule has 7 nitrogen and oxygen atoms in total. The lowest BCUT2D eigenvalue weighted by Crippen LogP contribution is -2.31. The zero-order valence-corrected chi connectivity index (χ0v) is 17.0. The molecule has 2 aromatic rings. The van der Waals surface area contributed by atoms with Crippen LogP contribution in [0.1, 0.15) is 18.4 Å². The van der Waals surface area contributed by atoms with Gasteiger partial charge >= 0.3 is 6.03 Å². The number of rotatable bonds is 6. The number of hydrogen-bond acceptors (Lipinski definition) is 4. The highest BCUT2D eigenvalue weighted by Crippen LogP contribution is 2.25. The van der Waals surface area contributed by atoms with E-state index in [1.807, 2.05) is 12.1 Å². The van der Waals surface area contributed by atoms with Gasteiger partial charge in [-0.25, -0.2) is 17.9 Å². The van der Waals surface area contributed by atoms with Crippen LogP contribution in [0, 0.1) is 0 Å². The van der Waals surface area contributed by atoms with Crippen LogP contribution in [0.5, 0.6) is 0 Å². The third-order valence-electron chi connectivity index (χ3n) is 4.88. The van der Waals surface area contributed by atoms with Gasteiger partial charge < -0.3 is 15.1 Å². The number of hydrogen-bond donors (Lipinski definition) is 2. The summed E-state index contributed by atoms with van der Waals surface area (Å²) < 4.78 is 25.8. The first-order chi connectivity index (χ1) is 13.4. The summed E-state index contributed by atoms with van der Waals surface area (Å²) in [7, 11) is -0.384. The van der Waals surface area contributed by atoms with Crippen LogP contribution in [-0.4, -0.2) is 46.5 Å². The van der Waals surface area contributed by atoms with Crippen LogP contribution in [0.2, 0.25) is 0 Å². The van der Waals surface area contributed by atoms with Crippen molar-refractivity contribution in [3.63, 3.8) is 0 Å². The number of benzene rings is 2. The van der Waals surface area contributed by atoms with Crippen molar-refractivity contribution in [2.24, 2.45) is 0 Å². The average Bonchev–Trinajstić information content (AvgIpc) is 3.23. The van der Waals surface area contributed by atoms with Gasteiger partial charge in [0.25, 0.3) is 0 Å². The maximum Gasteiger partial charge on any atom is 0.321 e. The molecule has 0 atom stereocenters. The zero-order chi connectivity index (χ0) is 20.1. The molecule has 3 rings (SSSR count). The largest absolute Gasteiger partial charge is 0.371 e. The SMILES string of the molecule is CNS(=O)(=O)c1ccc(NC(=O)N(C)Cc2ccccc2N2CCCC2)cc1. The van der Waals surface area contributed by atoms with Gasteiger partial charge in [-0.15, -0.1) is 0 Å². The van der Waals surface area contributed by atoms with Gasteiger partial charge in [0, 0.05) is 38.1 Å². The van der Waals surface area contributed by atoms with Crippen molar-refractivity contribution in [1.29, 1.82) is 0 Å². The van der Waals surface area contributed by atoms with E-state index in [-0.39, 0.29) is 10.9 Å². The lowest BCUT2D eigenvalue weighted by Gasteiger charge is -2.24.